The Labute approximate surface area is 397 Å². The predicted molar refractivity (Wildman–Crippen MR) is 282 cm³/mol. The highest BCUT2D eigenvalue weighted by Crippen LogP contribution is 2.48. The lowest BCUT2D eigenvalue weighted by molar-refractivity contribution is 0.462. The molecule has 0 bridgehead atoms. The average Bonchev–Trinajstić information content (AvgIpc) is 3.87. The van der Waals surface area contributed by atoms with Crippen LogP contribution < -0.4 is 14.5 Å². The Bertz CT molecular complexity index is 3280. The van der Waals surface area contributed by atoms with Gasteiger partial charge in [0.25, 0.3) is 0 Å². The van der Waals surface area contributed by atoms with E-state index in [-0.39, 0.29) is 21.7 Å². The van der Waals surface area contributed by atoms with E-state index < -0.39 is 0 Å². The maximum atomic E-state index is 7.30. The Morgan fingerprint density at radius 2 is 0.985 bits per heavy atom. The van der Waals surface area contributed by atoms with Gasteiger partial charge in [0, 0.05) is 56.9 Å². The second kappa shape index (κ2) is 16.3. The van der Waals surface area contributed by atoms with Crippen LogP contribution in [0.5, 0.6) is 11.5 Å². The Kier molecular flexibility index (Phi) is 10.7. The van der Waals surface area contributed by atoms with Crippen LogP contribution in [-0.2, 0) is 21.7 Å². The van der Waals surface area contributed by atoms with Crippen molar-refractivity contribution in [2.45, 2.75) is 90.9 Å². The fraction of sp³-hybridized carbons (Fsp3) is 0.242. The molecule has 5 nitrogen and oxygen atoms in total. The van der Waals surface area contributed by atoms with Crippen molar-refractivity contribution < 1.29 is 4.74 Å². The third kappa shape index (κ3) is 7.94. The topological polar surface area (TPSA) is 33.5 Å². The number of hydrogen-bond donors (Lipinski definition) is 0. The molecule has 2 aromatic heterocycles. The quantitative estimate of drug-likeness (QED) is 0.145. The molecule has 0 saturated heterocycles. The molecule has 1 aliphatic rings. The molecule has 7 aromatic carbocycles. The molecule has 0 amide bonds. The minimum atomic E-state index is -0.365. The smallest absolute Gasteiger partial charge is 0.137 e. The van der Waals surface area contributed by atoms with Crippen molar-refractivity contribution in [1.29, 1.82) is 0 Å². The number of hydrogen-bond acceptors (Lipinski definition) is 4. The third-order valence-electron chi connectivity index (χ3n) is 14.2. The van der Waals surface area contributed by atoms with Gasteiger partial charge < -0.3 is 14.5 Å². The van der Waals surface area contributed by atoms with E-state index in [1.807, 2.05) is 6.20 Å². The summed E-state index contributed by atoms with van der Waals surface area (Å²) in [5.41, 5.74) is 13.5. The molecular formula is C62H62N4O. The summed E-state index contributed by atoms with van der Waals surface area (Å²) in [6, 6.07) is 63.9. The van der Waals surface area contributed by atoms with E-state index in [0.717, 1.165) is 50.7 Å². The number of pyridine rings is 1. The number of nitrogens with zero attached hydrogens (tertiary/aromatic N) is 4. The SMILES string of the molecule is CC(C)(C)c1cccc(N2CN(c3ccc(C(C)(C)c4ccccc4)c(Oc4ccc5c6ccc(C(C)(C)C)cc6n(-c6cc(C(C)(C)c7ccccc7)ccn6)c5c4)c3)c3ccccc32)c1. The molecule has 0 fully saturated rings. The first kappa shape index (κ1) is 43.8. The fourth-order valence-corrected chi connectivity index (χ4v) is 9.94. The van der Waals surface area contributed by atoms with Crippen molar-refractivity contribution in [1.82, 2.24) is 9.55 Å². The van der Waals surface area contributed by atoms with E-state index in [9.17, 15) is 0 Å². The summed E-state index contributed by atoms with van der Waals surface area (Å²) in [5.74, 6) is 2.46. The lowest BCUT2D eigenvalue weighted by Gasteiger charge is -2.30. The lowest BCUT2D eigenvalue weighted by Crippen LogP contribution is -2.25. The predicted octanol–water partition coefficient (Wildman–Crippen LogP) is 16.5. The molecule has 3 heterocycles. The highest BCUT2D eigenvalue weighted by atomic mass is 16.5. The van der Waals surface area contributed by atoms with E-state index >= 15 is 0 Å². The fourth-order valence-electron chi connectivity index (χ4n) is 9.94. The first-order valence-corrected chi connectivity index (χ1v) is 23.7. The van der Waals surface area contributed by atoms with Gasteiger partial charge in [-0.2, -0.15) is 0 Å². The van der Waals surface area contributed by atoms with Gasteiger partial charge in [0.05, 0.1) is 22.4 Å². The van der Waals surface area contributed by atoms with Crippen molar-refractivity contribution in [3.63, 3.8) is 0 Å². The molecule has 9 aromatic rings. The van der Waals surface area contributed by atoms with Crippen LogP contribution in [0.25, 0.3) is 27.6 Å². The zero-order valence-corrected chi connectivity index (χ0v) is 40.7. The van der Waals surface area contributed by atoms with Crippen LogP contribution in [0.3, 0.4) is 0 Å². The van der Waals surface area contributed by atoms with Crippen LogP contribution in [0.1, 0.15) is 103 Å². The van der Waals surface area contributed by atoms with Gasteiger partial charge in [-0.1, -0.05) is 172 Å². The molecular weight excluding hydrogens is 817 g/mol. The monoisotopic (exact) mass is 878 g/mol. The Morgan fingerprint density at radius 3 is 1.63 bits per heavy atom. The maximum Gasteiger partial charge on any atom is 0.137 e. The molecule has 1 aliphatic heterocycles. The van der Waals surface area contributed by atoms with Gasteiger partial charge in [0.2, 0.25) is 0 Å². The van der Waals surface area contributed by atoms with Crippen LogP contribution in [0.2, 0.25) is 0 Å². The van der Waals surface area contributed by atoms with E-state index in [0.29, 0.717) is 6.67 Å². The van der Waals surface area contributed by atoms with Crippen LogP contribution in [-0.4, -0.2) is 16.2 Å². The van der Waals surface area contributed by atoms with Gasteiger partial charge in [0.1, 0.15) is 24.0 Å². The normalized spacial score (nSPS) is 13.4. The number of rotatable bonds is 9. The first-order chi connectivity index (χ1) is 32.0. The highest BCUT2D eigenvalue weighted by Gasteiger charge is 2.32. The summed E-state index contributed by atoms with van der Waals surface area (Å²) in [5, 5.41) is 2.34. The van der Waals surface area contributed by atoms with E-state index in [4.69, 9.17) is 9.72 Å². The molecule has 0 saturated carbocycles. The standard InChI is InChI=1S/C62H62N4O/c1-59(2,3)44-24-19-25-47(36-44)64-41-65(54-27-18-17-26-53(54)64)48-29-33-52(62(9,10)43-22-15-12-16-23-43)57(39-48)67-49-30-32-51-50-31-28-45(60(4,5)6)37-55(50)66(56(51)40-49)58-38-46(34-35-63-58)61(7,8)42-20-13-11-14-21-42/h11-40H,41H2,1-10H3. The van der Waals surface area contributed by atoms with Crippen molar-refractivity contribution in [3.05, 3.63) is 216 Å². The summed E-state index contributed by atoms with van der Waals surface area (Å²) in [6.07, 6.45) is 1.96. The number of benzene rings is 7. The van der Waals surface area contributed by atoms with Crippen molar-refractivity contribution >= 4 is 44.6 Å². The summed E-state index contributed by atoms with van der Waals surface area (Å²) in [7, 11) is 0. The molecule has 0 radical (unpaired) electrons. The first-order valence-electron chi connectivity index (χ1n) is 23.7. The Morgan fingerprint density at radius 1 is 0.433 bits per heavy atom. The molecule has 0 unspecified atom stereocenters. The summed E-state index contributed by atoms with van der Waals surface area (Å²) in [4.78, 5) is 9.94. The number of fused-ring (bicyclic) bond motifs is 4. The number of para-hydroxylation sites is 2. The second-order valence-corrected chi connectivity index (χ2v) is 21.5. The van der Waals surface area contributed by atoms with Crippen LogP contribution >= 0.6 is 0 Å². The molecule has 336 valence electrons. The van der Waals surface area contributed by atoms with Crippen LogP contribution in [0.15, 0.2) is 182 Å². The Balaban J connectivity index is 1.12. The van der Waals surface area contributed by atoms with E-state index in [1.54, 1.807) is 0 Å². The van der Waals surface area contributed by atoms with Crippen molar-refractivity contribution in [3.8, 4) is 17.3 Å². The van der Waals surface area contributed by atoms with Crippen molar-refractivity contribution in [2.24, 2.45) is 0 Å². The molecule has 10 rings (SSSR count). The van der Waals surface area contributed by atoms with Crippen LogP contribution in [0.4, 0.5) is 22.7 Å². The molecule has 0 spiro atoms. The van der Waals surface area contributed by atoms with Gasteiger partial charge in [-0.05, 0) is 99.3 Å². The largest absolute Gasteiger partial charge is 0.457 e. The minimum Gasteiger partial charge on any atom is -0.457 e. The van der Waals surface area contributed by atoms with Gasteiger partial charge in [-0.3, -0.25) is 4.57 Å². The highest BCUT2D eigenvalue weighted by molar-refractivity contribution is 6.09. The second-order valence-electron chi connectivity index (χ2n) is 21.5. The zero-order valence-electron chi connectivity index (χ0n) is 40.7. The summed E-state index contributed by atoms with van der Waals surface area (Å²) in [6.45, 7) is 23.5. The number of anilines is 4. The van der Waals surface area contributed by atoms with Crippen molar-refractivity contribution in [2.75, 3.05) is 16.5 Å². The molecule has 5 heteroatoms. The van der Waals surface area contributed by atoms with Gasteiger partial charge in [0.15, 0.2) is 0 Å². The van der Waals surface area contributed by atoms with Gasteiger partial charge >= 0.3 is 0 Å². The van der Waals surface area contributed by atoms with E-state index in [1.165, 1.54) is 44.6 Å². The lowest BCUT2D eigenvalue weighted by atomic mass is 9.77. The molecule has 0 aliphatic carbocycles. The third-order valence-corrected chi connectivity index (χ3v) is 14.2. The Hall–Kier alpha value is -7.11. The molecule has 67 heavy (non-hydrogen) atoms. The summed E-state index contributed by atoms with van der Waals surface area (Å²) >= 11 is 0. The molecule has 0 N–H and O–H groups in total. The average molecular weight is 879 g/mol. The minimum absolute atomic E-state index is 0.0368. The number of ether oxygens (including phenoxy) is 1. The maximum absolute atomic E-state index is 7.30. The van der Waals surface area contributed by atoms with Gasteiger partial charge in [-0.15, -0.1) is 0 Å². The number of aromatic nitrogens is 2. The van der Waals surface area contributed by atoms with E-state index in [2.05, 4.69) is 260 Å². The zero-order chi connectivity index (χ0) is 46.9. The summed E-state index contributed by atoms with van der Waals surface area (Å²) < 4.78 is 9.65. The van der Waals surface area contributed by atoms with Crippen LogP contribution in [0, 0.1) is 0 Å². The molecule has 0 atom stereocenters. The van der Waals surface area contributed by atoms with Gasteiger partial charge in [-0.25, -0.2) is 4.98 Å².